The highest BCUT2D eigenvalue weighted by Gasteiger charge is 2.12. The summed E-state index contributed by atoms with van der Waals surface area (Å²) in [6, 6.07) is 0. The second kappa shape index (κ2) is 4.49. The van der Waals surface area contributed by atoms with Gasteiger partial charge in [0, 0.05) is 6.54 Å². The molecule has 5 nitrogen and oxygen atoms in total. The lowest BCUT2D eigenvalue weighted by Gasteiger charge is -1.98. The van der Waals surface area contributed by atoms with Gasteiger partial charge in [0.05, 0.1) is 0 Å². The second-order valence-corrected chi connectivity index (χ2v) is 2.60. The van der Waals surface area contributed by atoms with Gasteiger partial charge < -0.3 is 9.73 Å². The van der Waals surface area contributed by atoms with E-state index in [1.54, 1.807) is 0 Å². The number of aromatic nitrogens is 1. The predicted octanol–water partition coefficient (Wildman–Crippen LogP) is 1.35. The zero-order valence-corrected chi connectivity index (χ0v) is 7.37. The third-order valence-electron chi connectivity index (χ3n) is 1.49. The molecule has 71 valence electrons. The molecule has 0 unspecified atom stereocenters. The molecule has 0 spiro atoms. The van der Waals surface area contributed by atoms with Crippen LogP contribution < -0.4 is 5.32 Å². The maximum atomic E-state index is 11.1. The van der Waals surface area contributed by atoms with Crippen molar-refractivity contribution < 1.29 is 14.3 Å². The summed E-state index contributed by atoms with van der Waals surface area (Å²) >= 11 is 0. The molecule has 1 aromatic rings. The summed E-state index contributed by atoms with van der Waals surface area (Å²) < 4.78 is 4.62. The number of hydrogen-bond donors (Lipinski definition) is 1. The fourth-order valence-electron chi connectivity index (χ4n) is 0.818. The van der Waals surface area contributed by atoms with Crippen molar-refractivity contribution in [2.75, 3.05) is 6.54 Å². The molecule has 0 aromatic carbocycles. The van der Waals surface area contributed by atoms with Crippen LogP contribution in [-0.4, -0.2) is 17.4 Å². The third kappa shape index (κ3) is 2.77. The Balaban J connectivity index is 2.40. The lowest BCUT2D eigenvalue weighted by Crippen LogP contribution is -2.24. The number of amides is 1. The molecular weight excluding hydrogens is 172 g/mol. The molecule has 1 rings (SSSR count). The molecule has 0 saturated heterocycles. The molecule has 13 heavy (non-hydrogen) atoms. The first-order chi connectivity index (χ1) is 6.24. The fraction of sp³-hybridized carbons (Fsp3) is 0.500. The topological polar surface area (TPSA) is 75.0 Å². The average Bonchev–Trinajstić information content (AvgIpc) is 2.52. The maximum absolute atomic E-state index is 11.1. The molecular formula is C8H11N2O3. The number of nitrogens with one attached hydrogen (secondary N) is 1. The summed E-state index contributed by atoms with van der Waals surface area (Å²) in [5.41, 5.74) is 0. The van der Waals surface area contributed by atoms with E-state index >= 15 is 0 Å². The van der Waals surface area contributed by atoms with Gasteiger partial charge in [0.25, 0.3) is 5.89 Å². The highest BCUT2D eigenvalue weighted by Crippen LogP contribution is 2.07. The molecule has 0 atom stereocenters. The molecule has 0 bridgehead atoms. The van der Waals surface area contributed by atoms with Gasteiger partial charge in [0.15, 0.2) is 6.26 Å². The summed E-state index contributed by atoms with van der Waals surface area (Å²) in [4.78, 5) is 14.5. The number of oxazole rings is 1. The van der Waals surface area contributed by atoms with Gasteiger partial charge in [-0.1, -0.05) is 13.3 Å². The lowest BCUT2D eigenvalue weighted by molar-refractivity contribution is 0.0918. The zero-order chi connectivity index (χ0) is 9.68. The van der Waals surface area contributed by atoms with E-state index in [2.05, 4.69) is 14.7 Å². The van der Waals surface area contributed by atoms with Gasteiger partial charge in [0.2, 0.25) is 0 Å². The second-order valence-electron chi connectivity index (χ2n) is 2.60. The SMILES string of the molecule is CCCCNC(=O)c1nc([O])co1. The first-order valence-electron chi connectivity index (χ1n) is 4.14. The average molecular weight is 183 g/mol. The smallest absolute Gasteiger partial charge is 0.308 e. The Bertz CT molecular complexity index is 283. The summed E-state index contributed by atoms with van der Waals surface area (Å²) in [7, 11) is 0. The van der Waals surface area contributed by atoms with Crippen LogP contribution in [0.1, 0.15) is 30.5 Å². The molecule has 1 heterocycles. The lowest BCUT2D eigenvalue weighted by atomic mass is 10.3. The van der Waals surface area contributed by atoms with Crippen molar-refractivity contribution in [3.05, 3.63) is 12.2 Å². The van der Waals surface area contributed by atoms with Gasteiger partial charge in [-0.05, 0) is 6.42 Å². The van der Waals surface area contributed by atoms with Gasteiger partial charge >= 0.3 is 11.8 Å². The fourth-order valence-corrected chi connectivity index (χ4v) is 0.818. The van der Waals surface area contributed by atoms with Gasteiger partial charge in [0.1, 0.15) is 0 Å². The Labute approximate surface area is 75.8 Å². The zero-order valence-electron chi connectivity index (χ0n) is 7.37. The standard InChI is InChI=1S/C8H11N2O3/c1-2-3-4-9-7(12)8-10-6(11)5-13-8/h5H,2-4H2,1H3,(H,9,12). The van der Waals surface area contributed by atoms with Crippen LogP contribution in [-0.2, 0) is 5.11 Å². The van der Waals surface area contributed by atoms with E-state index in [1.165, 1.54) is 0 Å². The summed E-state index contributed by atoms with van der Waals surface area (Å²) in [6.07, 6.45) is 2.81. The van der Waals surface area contributed by atoms with Gasteiger partial charge in [-0.15, -0.1) is 0 Å². The van der Waals surface area contributed by atoms with Crippen LogP contribution in [0.4, 0.5) is 0 Å². The Hall–Kier alpha value is -1.52. The first kappa shape index (κ1) is 9.57. The third-order valence-corrected chi connectivity index (χ3v) is 1.49. The van der Waals surface area contributed by atoms with Gasteiger partial charge in [-0.25, -0.2) is 0 Å². The monoisotopic (exact) mass is 183 g/mol. The molecule has 0 aliphatic rings. The van der Waals surface area contributed by atoms with Crippen LogP contribution >= 0.6 is 0 Å². The van der Waals surface area contributed by atoms with E-state index in [0.29, 0.717) is 6.54 Å². The number of carbonyl (C=O) groups is 1. The summed E-state index contributed by atoms with van der Waals surface area (Å²) in [5.74, 6) is -1.13. The minimum absolute atomic E-state index is 0.166. The first-order valence-corrected chi connectivity index (χ1v) is 4.14. The number of hydrogen-bond acceptors (Lipinski definition) is 3. The number of carbonyl (C=O) groups excluding carboxylic acids is 1. The van der Waals surface area contributed by atoms with Crippen LogP contribution in [0.5, 0.6) is 5.88 Å². The molecule has 0 aliphatic heterocycles. The van der Waals surface area contributed by atoms with E-state index in [9.17, 15) is 9.90 Å². The molecule has 0 saturated carbocycles. The number of rotatable bonds is 4. The van der Waals surface area contributed by atoms with Crippen molar-refractivity contribution >= 4 is 5.91 Å². The summed E-state index contributed by atoms with van der Waals surface area (Å²) in [5, 5.41) is 13.1. The van der Waals surface area contributed by atoms with Crippen molar-refractivity contribution in [3.63, 3.8) is 0 Å². The number of nitrogens with zero attached hydrogens (tertiary/aromatic N) is 1. The van der Waals surface area contributed by atoms with Crippen LogP contribution in [0.2, 0.25) is 0 Å². The van der Waals surface area contributed by atoms with E-state index in [0.717, 1.165) is 19.1 Å². The van der Waals surface area contributed by atoms with Crippen LogP contribution in [0, 0.1) is 0 Å². The molecule has 1 radical (unpaired) electrons. The predicted molar refractivity (Wildman–Crippen MR) is 43.9 cm³/mol. The van der Waals surface area contributed by atoms with Crippen LogP contribution in [0.15, 0.2) is 10.7 Å². The molecule has 0 aliphatic carbocycles. The summed E-state index contributed by atoms with van der Waals surface area (Å²) in [6.45, 7) is 2.60. The van der Waals surface area contributed by atoms with Crippen molar-refractivity contribution in [2.45, 2.75) is 19.8 Å². The Morgan fingerprint density at radius 2 is 2.46 bits per heavy atom. The van der Waals surface area contributed by atoms with Crippen molar-refractivity contribution in [1.82, 2.24) is 10.3 Å². The molecule has 1 amide bonds. The molecule has 5 heteroatoms. The largest absolute Gasteiger partial charge is 0.437 e. The minimum atomic E-state index is -0.527. The highest BCUT2D eigenvalue weighted by molar-refractivity contribution is 5.89. The van der Waals surface area contributed by atoms with Crippen LogP contribution in [0.3, 0.4) is 0 Å². The highest BCUT2D eigenvalue weighted by atomic mass is 16.4. The van der Waals surface area contributed by atoms with Gasteiger partial charge in [-0.2, -0.15) is 4.98 Å². The number of unbranched alkanes of at least 4 members (excludes halogenated alkanes) is 1. The minimum Gasteiger partial charge on any atom is -0.437 e. The van der Waals surface area contributed by atoms with E-state index in [-0.39, 0.29) is 5.89 Å². The normalized spacial score (nSPS) is 9.92. The van der Waals surface area contributed by atoms with Crippen molar-refractivity contribution in [2.24, 2.45) is 0 Å². The Kier molecular flexibility index (Phi) is 3.31. The van der Waals surface area contributed by atoms with E-state index in [1.807, 2.05) is 6.92 Å². The van der Waals surface area contributed by atoms with E-state index < -0.39 is 11.8 Å². The Morgan fingerprint density at radius 1 is 1.69 bits per heavy atom. The quantitative estimate of drug-likeness (QED) is 0.716. The molecule has 1 N–H and O–H groups in total. The van der Waals surface area contributed by atoms with Crippen molar-refractivity contribution in [3.8, 4) is 5.88 Å². The van der Waals surface area contributed by atoms with E-state index in [4.69, 9.17) is 0 Å². The van der Waals surface area contributed by atoms with Crippen LogP contribution in [0.25, 0.3) is 0 Å². The Morgan fingerprint density at radius 3 is 3.00 bits per heavy atom. The maximum Gasteiger partial charge on any atom is 0.308 e. The van der Waals surface area contributed by atoms with Crippen molar-refractivity contribution in [1.29, 1.82) is 0 Å². The molecule has 0 fully saturated rings. The molecule has 1 aromatic heterocycles. The van der Waals surface area contributed by atoms with Gasteiger partial charge in [-0.3, -0.25) is 9.90 Å².